The van der Waals surface area contributed by atoms with Gasteiger partial charge in [0, 0.05) is 11.5 Å². The zero-order chi connectivity index (χ0) is 14.0. The smallest absolute Gasteiger partial charge is 0.335 e. The fourth-order valence-electron chi connectivity index (χ4n) is 2.16. The molecule has 0 aromatic heterocycles. The van der Waals surface area contributed by atoms with Crippen molar-refractivity contribution in [1.82, 2.24) is 0 Å². The summed E-state index contributed by atoms with van der Waals surface area (Å²) in [6.07, 6.45) is 1.17. The highest BCUT2D eigenvalue weighted by atomic mass is 16.5. The average Bonchev–Trinajstić information content (AvgIpc) is 2.37. The van der Waals surface area contributed by atoms with Gasteiger partial charge in [-0.25, -0.2) is 4.79 Å². The number of benzene rings is 2. The van der Waals surface area contributed by atoms with Crippen LogP contribution in [0.5, 0.6) is 5.75 Å². The lowest BCUT2D eigenvalue weighted by Crippen LogP contribution is -2.12. The quantitative estimate of drug-likeness (QED) is 0.455. The molecular weight excluding hydrogens is 236 g/mol. The summed E-state index contributed by atoms with van der Waals surface area (Å²) in [6, 6.07) is 11.8. The van der Waals surface area contributed by atoms with E-state index in [4.69, 9.17) is 4.74 Å². The molecule has 0 fully saturated rings. The van der Waals surface area contributed by atoms with Crippen LogP contribution < -0.4 is 4.74 Å². The molecule has 2 rings (SSSR count). The summed E-state index contributed by atoms with van der Waals surface area (Å²) in [4.78, 5) is 11.4. The Bertz CT molecular complexity index is 633. The van der Waals surface area contributed by atoms with E-state index < -0.39 is 5.97 Å². The Kier molecular flexibility index (Phi) is 3.43. The summed E-state index contributed by atoms with van der Waals surface area (Å²) < 4.78 is 5.29. The molecule has 98 valence electrons. The molecule has 0 atom stereocenters. The standard InChI is InChI=1S/C17H18O2/c1-5-16(18)19-15-11-10-14(17(2,3)4)12-8-6-7-9-13(12)15/h5-11H,1H2,2-4H3. The van der Waals surface area contributed by atoms with Gasteiger partial charge < -0.3 is 4.74 Å². The maximum absolute atomic E-state index is 11.4. The molecule has 0 unspecified atom stereocenters. The average molecular weight is 254 g/mol. The van der Waals surface area contributed by atoms with Crippen molar-refractivity contribution in [1.29, 1.82) is 0 Å². The predicted molar refractivity (Wildman–Crippen MR) is 78.5 cm³/mol. The second-order valence-corrected chi connectivity index (χ2v) is 5.53. The minimum absolute atomic E-state index is 0.0422. The number of esters is 1. The maximum Gasteiger partial charge on any atom is 0.335 e. The van der Waals surface area contributed by atoms with Gasteiger partial charge in [0.15, 0.2) is 0 Å². The Morgan fingerprint density at radius 2 is 1.74 bits per heavy atom. The van der Waals surface area contributed by atoms with Gasteiger partial charge >= 0.3 is 5.97 Å². The van der Waals surface area contributed by atoms with Gasteiger partial charge in [0.2, 0.25) is 0 Å². The zero-order valence-corrected chi connectivity index (χ0v) is 11.6. The first-order valence-electron chi connectivity index (χ1n) is 6.30. The van der Waals surface area contributed by atoms with E-state index in [9.17, 15) is 4.79 Å². The Balaban J connectivity index is 2.65. The Morgan fingerprint density at radius 3 is 2.32 bits per heavy atom. The van der Waals surface area contributed by atoms with Crippen molar-refractivity contribution in [3.05, 3.63) is 54.6 Å². The summed E-state index contributed by atoms with van der Waals surface area (Å²) in [5.41, 5.74) is 1.28. The van der Waals surface area contributed by atoms with Gasteiger partial charge in [-0.3, -0.25) is 0 Å². The minimum Gasteiger partial charge on any atom is -0.423 e. The van der Waals surface area contributed by atoms with Crippen LogP contribution >= 0.6 is 0 Å². The SMILES string of the molecule is C=CC(=O)Oc1ccc(C(C)(C)C)c2ccccc12. The molecule has 2 nitrogen and oxygen atoms in total. The van der Waals surface area contributed by atoms with E-state index in [-0.39, 0.29) is 5.41 Å². The molecule has 0 radical (unpaired) electrons. The summed E-state index contributed by atoms with van der Waals surface area (Å²) in [7, 11) is 0. The first-order valence-corrected chi connectivity index (χ1v) is 6.30. The first-order chi connectivity index (χ1) is 8.93. The molecule has 0 aliphatic carbocycles. The first kappa shape index (κ1) is 13.3. The molecule has 2 aromatic carbocycles. The molecule has 0 N–H and O–H groups in total. The lowest BCUT2D eigenvalue weighted by Gasteiger charge is -2.22. The van der Waals surface area contributed by atoms with Crippen LogP contribution in [0.2, 0.25) is 0 Å². The van der Waals surface area contributed by atoms with Crippen molar-refractivity contribution in [2.75, 3.05) is 0 Å². The molecule has 0 spiro atoms. The molecule has 0 amide bonds. The number of carbonyl (C=O) groups is 1. The van der Waals surface area contributed by atoms with Crippen molar-refractivity contribution >= 4 is 16.7 Å². The van der Waals surface area contributed by atoms with Crippen LogP contribution in [0, 0.1) is 0 Å². The fourth-order valence-corrected chi connectivity index (χ4v) is 2.16. The summed E-state index contributed by atoms with van der Waals surface area (Å²) in [6.45, 7) is 9.93. The largest absolute Gasteiger partial charge is 0.423 e. The lowest BCUT2D eigenvalue weighted by atomic mass is 9.83. The van der Waals surface area contributed by atoms with Gasteiger partial charge in [-0.05, 0) is 22.4 Å². The van der Waals surface area contributed by atoms with E-state index in [1.807, 2.05) is 30.3 Å². The van der Waals surface area contributed by atoms with Crippen LogP contribution in [0.15, 0.2) is 49.1 Å². The minimum atomic E-state index is -0.436. The van der Waals surface area contributed by atoms with Crippen LogP contribution in [0.4, 0.5) is 0 Å². The van der Waals surface area contributed by atoms with Crippen LogP contribution in [-0.2, 0) is 10.2 Å². The molecule has 0 saturated carbocycles. The van der Waals surface area contributed by atoms with E-state index in [2.05, 4.69) is 33.4 Å². The molecule has 0 aliphatic rings. The highest BCUT2D eigenvalue weighted by Crippen LogP contribution is 2.34. The fraction of sp³-hybridized carbons (Fsp3) is 0.235. The summed E-state index contributed by atoms with van der Waals surface area (Å²) >= 11 is 0. The molecule has 19 heavy (non-hydrogen) atoms. The Hall–Kier alpha value is -2.09. The second-order valence-electron chi connectivity index (χ2n) is 5.53. The topological polar surface area (TPSA) is 26.3 Å². The summed E-state index contributed by atoms with van der Waals surface area (Å²) in [5, 5.41) is 2.06. The molecule has 2 aromatic rings. The van der Waals surface area contributed by atoms with Crippen molar-refractivity contribution in [2.24, 2.45) is 0 Å². The maximum atomic E-state index is 11.4. The number of hydrogen-bond acceptors (Lipinski definition) is 2. The zero-order valence-electron chi connectivity index (χ0n) is 11.6. The Morgan fingerprint density at radius 1 is 1.11 bits per heavy atom. The summed E-state index contributed by atoms with van der Waals surface area (Å²) in [5.74, 6) is 0.141. The van der Waals surface area contributed by atoms with Crippen molar-refractivity contribution in [3.63, 3.8) is 0 Å². The number of rotatable bonds is 2. The second kappa shape index (κ2) is 4.88. The van der Waals surface area contributed by atoms with Crippen molar-refractivity contribution in [3.8, 4) is 5.75 Å². The van der Waals surface area contributed by atoms with Gasteiger partial charge in [-0.1, -0.05) is 57.7 Å². The van der Waals surface area contributed by atoms with Crippen molar-refractivity contribution in [2.45, 2.75) is 26.2 Å². The normalized spacial score (nSPS) is 11.3. The number of fused-ring (bicyclic) bond motifs is 1. The van der Waals surface area contributed by atoms with Crippen LogP contribution in [0.3, 0.4) is 0 Å². The van der Waals surface area contributed by atoms with Crippen molar-refractivity contribution < 1.29 is 9.53 Å². The third-order valence-corrected chi connectivity index (χ3v) is 3.07. The van der Waals surface area contributed by atoms with Crippen LogP contribution in [0.1, 0.15) is 26.3 Å². The van der Waals surface area contributed by atoms with E-state index in [0.717, 1.165) is 10.8 Å². The van der Waals surface area contributed by atoms with Gasteiger partial charge in [0.05, 0.1) is 0 Å². The molecule has 2 heteroatoms. The van der Waals surface area contributed by atoms with Crippen LogP contribution in [0.25, 0.3) is 10.8 Å². The van der Waals surface area contributed by atoms with E-state index in [1.54, 1.807) is 0 Å². The number of hydrogen-bond donors (Lipinski definition) is 0. The number of ether oxygens (including phenoxy) is 1. The molecule has 0 heterocycles. The van der Waals surface area contributed by atoms with Gasteiger partial charge in [-0.2, -0.15) is 0 Å². The predicted octanol–water partition coefficient (Wildman–Crippen LogP) is 4.23. The van der Waals surface area contributed by atoms with Gasteiger partial charge in [-0.15, -0.1) is 0 Å². The Labute approximate surface area is 113 Å². The monoisotopic (exact) mass is 254 g/mol. The molecule has 0 bridgehead atoms. The van der Waals surface area contributed by atoms with Gasteiger partial charge in [0.25, 0.3) is 0 Å². The highest BCUT2D eigenvalue weighted by Gasteiger charge is 2.18. The molecule has 0 aliphatic heterocycles. The van der Waals surface area contributed by atoms with E-state index in [0.29, 0.717) is 5.75 Å². The number of carbonyl (C=O) groups excluding carboxylic acids is 1. The molecule has 0 saturated heterocycles. The third-order valence-electron chi connectivity index (χ3n) is 3.07. The third kappa shape index (κ3) is 2.68. The van der Waals surface area contributed by atoms with E-state index in [1.165, 1.54) is 11.6 Å². The molecular formula is C17H18O2. The van der Waals surface area contributed by atoms with Crippen LogP contribution in [-0.4, -0.2) is 5.97 Å². The lowest BCUT2D eigenvalue weighted by molar-refractivity contribution is -0.128. The van der Waals surface area contributed by atoms with Gasteiger partial charge in [0.1, 0.15) is 5.75 Å². The van der Waals surface area contributed by atoms with E-state index >= 15 is 0 Å². The highest BCUT2D eigenvalue weighted by molar-refractivity contribution is 5.94.